The maximum Gasteiger partial charge on any atom is 0.137 e. The summed E-state index contributed by atoms with van der Waals surface area (Å²) < 4.78 is 13.9. The SMILES string of the molecule is CC(C)CC1CN(c2ccc(F)c(Br)c2)C(C)CN1. The van der Waals surface area contributed by atoms with Gasteiger partial charge in [0, 0.05) is 30.9 Å². The fraction of sp³-hybridized carbons (Fsp3) is 0.600. The maximum absolute atomic E-state index is 13.3. The van der Waals surface area contributed by atoms with Gasteiger partial charge in [-0.15, -0.1) is 0 Å². The average molecular weight is 329 g/mol. The summed E-state index contributed by atoms with van der Waals surface area (Å²) in [6, 6.07) is 6.23. The van der Waals surface area contributed by atoms with E-state index in [1.165, 1.54) is 12.5 Å². The highest BCUT2D eigenvalue weighted by Gasteiger charge is 2.25. The normalized spacial score (nSPS) is 24.0. The fourth-order valence-electron chi connectivity index (χ4n) is 2.68. The number of piperazine rings is 1. The van der Waals surface area contributed by atoms with E-state index in [0.717, 1.165) is 18.8 Å². The van der Waals surface area contributed by atoms with E-state index in [9.17, 15) is 4.39 Å². The van der Waals surface area contributed by atoms with Crippen LogP contribution in [0, 0.1) is 11.7 Å². The van der Waals surface area contributed by atoms with Gasteiger partial charge in [-0.3, -0.25) is 0 Å². The van der Waals surface area contributed by atoms with Gasteiger partial charge < -0.3 is 10.2 Å². The Balaban J connectivity index is 2.14. The molecular weight excluding hydrogens is 307 g/mol. The monoisotopic (exact) mass is 328 g/mol. The van der Waals surface area contributed by atoms with E-state index in [1.54, 1.807) is 0 Å². The van der Waals surface area contributed by atoms with Crippen LogP contribution in [0.3, 0.4) is 0 Å². The Morgan fingerprint density at radius 2 is 2.21 bits per heavy atom. The zero-order valence-corrected chi connectivity index (χ0v) is 13.4. The number of benzene rings is 1. The van der Waals surface area contributed by atoms with E-state index in [1.807, 2.05) is 12.1 Å². The second kappa shape index (κ2) is 6.23. The molecule has 0 aromatic heterocycles. The van der Waals surface area contributed by atoms with Crippen LogP contribution in [-0.2, 0) is 0 Å². The third kappa shape index (κ3) is 3.69. The molecule has 0 bridgehead atoms. The van der Waals surface area contributed by atoms with Crippen molar-refractivity contribution < 1.29 is 4.39 Å². The van der Waals surface area contributed by atoms with Gasteiger partial charge in [-0.2, -0.15) is 0 Å². The molecule has 4 heteroatoms. The van der Waals surface area contributed by atoms with Gasteiger partial charge >= 0.3 is 0 Å². The summed E-state index contributed by atoms with van der Waals surface area (Å²) in [7, 11) is 0. The van der Waals surface area contributed by atoms with Crippen molar-refractivity contribution in [2.75, 3.05) is 18.0 Å². The first-order chi connectivity index (χ1) is 8.97. The second-order valence-corrected chi connectivity index (χ2v) is 6.69. The van der Waals surface area contributed by atoms with Crippen LogP contribution >= 0.6 is 15.9 Å². The van der Waals surface area contributed by atoms with Crippen LogP contribution in [0.1, 0.15) is 27.2 Å². The topological polar surface area (TPSA) is 15.3 Å². The number of hydrogen-bond acceptors (Lipinski definition) is 2. The second-order valence-electron chi connectivity index (χ2n) is 5.83. The van der Waals surface area contributed by atoms with Crippen LogP contribution in [0.25, 0.3) is 0 Å². The summed E-state index contributed by atoms with van der Waals surface area (Å²) in [5, 5.41) is 3.60. The standard InChI is InChI=1S/C15H22BrFN2/c1-10(2)6-12-9-19(11(3)8-18-12)13-4-5-15(17)14(16)7-13/h4-5,7,10-12,18H,6,8-9H2,1-3H3. The number of anilines is 1. The van der Waals surface area contributed by atoms with Crippen LogP contribution in [0.4, 0.5) is 10.1 Å². The molecular formula is C15H22BrFN2. The minimum absolute atomic E-state index is 0.203. The summed E-state index contributed by atoms with van der Waals surface area (Å²) in [5.74, 6) is 0.484. The number of hydrogen-bond donors (Lipinski definition) is 1. The number of rotatable bonds is 3. The minimum Gasteiger partial charge on any atom is -0.366 e. The smallest absolute Gasteiger partial charge is 0.137 e. The molecule has 1 fully saturated rings. The highest BCUT2D eigenvalue weighted by Crippen LogP contribution is 2.26. The Hall–Kier alpha value is -0.610. The molecule has 0 spiro atoms. The molecule has 1 heterocycles. The number of nitrogens with zero attached hydrogens (tertiary/aromatic N) is 1. The molecule has 0 radical (unpaired) electrons. The van der Waals surface area contributed by atoms with Gasteiger partial charge in [0.15, 0.2) is 0 Å². The van der Waals surface area contributed by atoms with Gasteiger partial charge in [0.1, 0.15) is 5.82 Å². The van der Waals surface area contributed by atoms with Crippen LogP contribution in [0.15, 0.2) is 22.7 Å². The molecule has 1 aromatic rings. The van der Waals surface area contributed by atoms with Crippen LogP contribution in [0.2, 0.25) is 0 Å². The maximum atomic E-state index is 13.3. The molecule has 1 aliphatic rings. The summed E-state index contributed by atoms with van der Waals surface area (Å²) in [4.78, 5) is 2.37. The lowest BCUT2D eigenvalue weighted by atomic mass is 9.99. The van der Waals surface area contributed by atoms with Gasteiger partial charge in [0.05, 0.1) is 4.47 Å². The third-order valence-electron chi connectivity index (χ3n) is 3.64. The highest BCUT2D eigenvalue weighted by atomic mass is 79.9. The van der Waals surface area contributed by atoms with Crippen LogP contribution in [0.5, 0.6) is 0 Å². The molecule has 0 aliphatic carbocycles. The Labute approximate surface area is 123 Å². The van der Waals surface area contributed by atoms with Crippen molar-refractivity contribution in [3.05, 3.63) is 28.5 Å². The highest BCUT2D eigenvalue weighted by molar-refractivity contribution is 9.10. The van der Waals surface area contributed by atoms with Crippen molar-refractivity contribution in [1.29, 1.82) is 0 Å². The molecule has 1 N–H and O–H groups in total. The van der Waals surface area contributed by atoms with Crippen molar-refractivity contribution in [3.63, 3.8) is 0 Å². The Morgan fingerprint density at radius 1 is 1.47 bits per heavy atom. The van der Waals surface area contributed by atoms with Crippen LogP contribution in [-0.4, -0.2) is 25.2 Å². The molecule has 19 heavy (non-hydrogen) atoms. The molecule has 106 valence electrons. The van der Waals surface area contributed by atoms with E-state index >= 15 is 0 Å². The first-order valence-corrected chi connectivity index (χ1v) is 7.71. The lowest BCUT2D eigenvalue weighted by Gasteiger charge is -2.41. The minimum atomic E-state index is -0.203. The number of nitrogens with one attached hydrogen (secondary N) is 1. The van der Waals surface area contributed by atoms with Crippen molar-refractivity contribution in [1.82, 2.24) is 5.32 Å². The van der Waals surface area contributed by atoms with Crippen LogP contribution < -0.4 is 10.2 Å². The van der Waals surface area contributed by atoms with Crippen molar-refractivity contribution in [2.24, 2.45) is 5.92 Å². The molecule has 2 nitrogen and oxygen atoms in total. The fourth-order valence-corrected chi connectivity index (χ4v) is 3.05. The average Bonchev–Trinajstić information content (AvgIpc) is 2.34. The molecule has 0 saturated carbocycles. The van der Waals surface area contributed by atoms with E-state index in [2.05, 4.69) is 46.9 Å². The predicted octanol–water partition coefficient (Wildman–Crippen LogP) is 3.80. The quantitative estimate of drug-likeness (QED) is 0.907. The van der Waals surface area contributed by atoms with Gasteiger partial charge in [-0.1, -0.05) is 13.8 Å². The molecule has 1 aromatic carbocycles. The molecule has 1 aliphatic heterocycles. The first kappa shape index (κ1) is 14.8. The van der Waals surface area contributed by atoms with Crippen molar-refractivity contribution in [2.45, 2.75) is 39.3 Å². The van der Waals surface area contributed by atoms with E-state index in [-0.39, 0.29) is 5.82 Å². The zero-order valence-electron chi connectivity index (χ0n) is 11.8. The number of halogens is 2. The van der Waals surface area contributed by atoms with Gasteiger partial charge in [-0.05, 0) is 53.4 Å². The lowest BCUT2D eigenvalue weighted by Crippen LogP contribution is -2.56. The van der Waals surface area contributed by atoms with E-state index in [4.69, 9.17) is 0 Å². The van der Waals surface area contributed by atoms with Gasteiger partial charge in [0.2, 0.25) is 0 Å². The molecule has 2 rings (SSSR count). The molecule has 1 saturated heterocycles. The summed E-state index contributed by atoms with van der Waals surface area (Å²) in [5.41, 5.74) is 1.09. The Kier molecular flexibility index (Phi) is 4.85. The van der Waals surface area contributed by atoms with Crippen molar-refractivity contribution >= 4 is 21.6 Å². The Bertz CT molecular complexity index is 436. The first-order valence-electron chi connectivity index (χ1n) is 6.92. The molecule has 2 atom stereocenters. The third-order valence-corrected chi connectivity index (χ3v) is 4.25. The molecule has 0 amide bonds. The lowest BCUT2D eigenvalue weighted by molar-refractivity contribution is 0.356. The predicted molar refractivity (Wildman–Crippen MR) is 82.2 cm³/mol. The van der Waals surface area contributed by atoms with Crippen molar-refractivity contribution in [3.8, 4) is 0 Å². The van der Waals surface area contributed by atoms with E-state index in [0.29, 0.717) is 22.5 Å². The van der Waals surface area contributed by atoms with Gasteiger partial charge in [-0.25, -0.2) is 4.39 Å². The zero-order chi connectivity index (χ0) is 14.0. The van der Waals surface area contributed by atoms with Gasteiger partial charge in [0.25, 0.3) is 0 Å². The largest absolute Gasteiger partial charge is 0.366 e. The molecule has 2 unspecified atom stereocenters. The summed E-state index contributed by atoms with van der Waals surface area (Å²) in [6.07, 6.45) is 1.17. The summed E-state index contributed by atoms with van der Waals surface area (Å²) >= 11 is 3.27. The Morgan fingerprint density at radius 3 is 2.84 bits per heavy atom. The summed E-state index contributed by atoms with van der Waals surface area (Å²) in [6.45, 7) is 8.66. The van der Waals surface area contributed by atoms with E-state index < -0.39 is 0 Å².